The zero-order valence-corrected chi connectivity index (χ0v) is 15.3. The highest BCUT2D eigenvalue weighted by molar-refractivity contribution is 5.40. The zero-order valence-electron chi connectivity index (χ0n) is 15.3. The molecule has 0 saturated heterocycles. The van der Waals surface area contributed by atoms with Gasteiger partial charge >= 0.3 is 0 Å². The van der Waals surface area contributed by atoms with Gasteiger partial charge < -0.3 is 0 Å². The van der Waals surface area contributed by atoms with Gasteiger partial charge in [-0.1, -0.05) is 0 Å². The molecule has 0 N–H and O–H groups in total. The molecule has 2 rings (SSSR count). The fraction of sp³-hybridized carbons (Fsp3) is 0.500. The van der Waals surface area contributed by atoms with E-state index in [-0.39, 0.29) is 0 Å². The lowest BCUT2D eigenvalue weighted by Crippen LogP contribution is -2.08. The van der Waals surface area contributed by atoms with E-state index in [1.54, 1.807) is 0 Å². The third-order valence-electron chi connectivity index (χ3n) is 5.41. The number of aryl methyl sites for hydroxylation is 4. The van der Waals surface area contributed by atoms with Crippen molar-refractivity contribution in [2.45, 2.75) is 68.2 Å². The Balaban J connectivity index is 2.32. The summed E-state index contributed by atoms with van der Waals surface area (Å²) in [7, 11) is 0. The Morgan fingerprint density at radius 3 is 1.09 bits per heavy atom. The molecule has 0 fully saturated rings. The van der Waals surface area contributed by atoms with Crippen LogP contribution in [0, 0.1) is 55.4 Å². The van der Waals surface area contributed by atoms with Gasteiger partial charge in [-0.05, 0) is 102 Å². The summed E-state index contributed by atoms with van der Waals surface area (Å²) in [6, 6.07) is 0. The molecular formula is C20H28N2. The molecule has 0 aromatic carbocycles. The van der Waals surface area contributed by atoms with Crippen LogP contribution in [0.25, 0.3) is 0 Å². The van der Waals surface area contributed by atoms with Gasteiger partial charge in [0, 0.05) is 22.8 Å². The number of hydrogen-bond acceptors (Lipinski definition) is 2. The van der Waals surface area contributed by atoms with E-state index in [2.05, 4.69) is 55.4 Å². The van der Waals surface area contributed by atoms with Crippen LogP contribution in [-0.4, -0.2) is 9.97 Å². The number of pyridine rings is 2. The molecule has 0 radical (unpaired) electrons. The highest BCUT2D eigenvalue weighted by Crippen LogP contribution is 2.22. The molecule has 2 heterocycles. The second-order valence-electron chi connectivity index (χ2n) is 6.54. The lowest BCUT2D eigenvalue weighted by molar-refractivity contribution is 0.834. The molecule has 2 aromatic heterocycles. The summed E-state index contributed by atoms with van der Waals surface area (Å²) in [4.78, 5) is 9.62. The highest BCUT2D eigenvalue weighted by atomic mass is 14.7. The second kappa shape index (κ2) is 6.20. The predicted octanol–water partition coefficient (Wildman–Crippen LogP) is 4.73. The van der Waals surface area contributed by atoms with Gasteiger partial charge in [0.1, 0.15) is 0 Å². The van der Waals surface area contributed by atoms with Crippen LogP contribution in [0.4, 0.5) is 0 Å². The first-order chi connectivity index (χ1) is 10.2. The van der Waals surface area contributed by atoms with Gasteiger partial charge in [-0.25, -0.2) is 0 Å². The van der Waals surface area contributed by atoms with E-state index in [0.29, 0.717) is 0 Å². The van der Waals surface area contributed by atoms with Gasteiger partial charge in [0.25, 0.3) is 0 Å². The van der Waals surface area contributed by atoms with Crippen LogP contribution >= 0.6 is 0 Å². The van der Waals surface area contributed by atoms with Crippen molar-refractivity contribution in [1.82, 2.24) is 9.97 Å². The van der Waals surface area contributed by atoms with Crippen molar-refractivity contribution in [2.75, 3.05) is 0 Å². The standard InChI is InChI=1S/C20H28N2/c1-11-13(3)17(7)21-19(15(11)5)9-10-20-16(6)12(2)14(4)18(8)22-20/h9-10H2,1-8H3. The Kier molecular flexibility index (Phi) is 4.69. The zero-order chi connectivity index (χ0) is 16.6. The number of rotatable bonds is 3. The Hall–Kier alpha value is -1.70. The average molecular weight is 296 g/mol. The van der Waals surface area contributed by atoms with Gasteiger partial charge in [0.15, 0.2) is 0 Å². The fourth-order valence-corrected chi connectivity index (χ4v) is 3.00. The maximum absolute atomic E-state index is 4.81. The SMILES string of the molecule is Cc1nc(CCc2nc(C)c(C)c(C)c2C)c(C)c(C)c1C. The van der Waals surface area contributed by atoms with E-state index < -0.39 is 0 Å². The summed E-state index contributed by atoms with van der Waals surface area (Å²) in [5.74, 6) is 0. The summed E-state index contributed by atoms with van der Waals surface area (Å²) in [6.07, 6.45) is 1.92. The minimum Gasteiger partial charge on any atom is -0.258 e. The summed E-state index contributed by atoms with van der Waals surface area (Å²) >= 11 is 0. The molecule has 0 aliphatic carbocycles. The van der Waals surface area contributed by atoms with Gasteiger partial charge in [-0.3, -0.25) is 9.97 Å². The summed E-state index contributed by atoms with van der Waals surface area (Å²) < 4.78 is 0. The van der Waals surface area contributed by atoms with E-state index in [4.69, 9.17) is 9.97 Å². The summed E-state index contributed by atoms with van der Waals surface area (Å²) in [5, 5.41) is 0. The first kappa shape index (κ1) is 16.7. The van der Waals surface area contributed by atoms with E-state index >= 15 is 0 Å². The molecule has 0 aliphatic heterocycles. The lowest BCUT2D eigenvalue weighted by Gasteiger charge is -2.15. The Labute approximate surface area is 135 Å². The number of nitrogens with zero attached hydrogens (tertiary/aromatic N) is 2. The normalized spacial score (nSPS) is 11.1. The summed E-state index contributed by atoms with van der Waals surface area (Å²) in [5.41, 5.74) is 12.8. The van der Waals surface area contributed by atoms with Gasteiger partial charge in [0.2, 0.25) is 0 Å². The third kappa shape index (κ3) is 2.92. The number of hydrogen-bond donors (Lipinski definition) is 0. The van der Waals surface area contributed by atoms with Crippen molar-refractivity contribution >= 4 is 0 Å². The quantitative estimate of drug-likeness (QED) is 0.818. The monoisotopic (exact) mass is 296 g/mol. The van der Waals surface area contributed by atoms with Crippen LogP contribution in [0.5, 0.6) is 0 Å². The van der Waals surface area contributed by atoms with Crippen molar-refractivity contribution in [2.24, 2.45) is 0 Å². The average Bonchev–Trinajstić information content (AvgIpc) is 2.49. The third-order valence-corrected chi connectivity index (χ3v) is 5.41. The molecule has 0 atom stereocenters. The molecule has 0 aliphatic rings. The smallest absolute Gasteiger partial charge is 0.0442 e. The van der Waals surface area contributed by atoms with Gasteiger partial charge in [-0.15, -0.1) is 0 Å². The molecule has 2 aromatic rings. The molecule has 0 spiro atoms. The maximum Gasteiger partial charge on any atom is 0.0442 e. The molecule has 118 valence electrons. The first-order valence-electron chi connectivity index (χ1n) is 8.10. The van der Waals surface area contributed by atoms with E-state index in [0.717, 1.165) is 24.2 Å². The molecule has 2 heteroatoms. The summed E-state index contributed by atoms with van der Waals surface area (Å²) in [6.45, 7) is 17.3. The van der Waals surface area contributed by atoms with Crippen molar-refractivity contribution < 1.29 is 0 Å². The minimum atomic E-state index is 0.962. The van der Waals surface area contributed by atoms with Crippen LogP contribution < -0.4 is 0 Å². The Morgan fingerprint density at radius 2 is 0.773 bits per heavy atom. The molecule has 0 saturated carbocycles. The van der Waals surface area contributed by atoms with E-state index in [1.165, 1.54) is 44.8 Å². The van der Waals surface area contributed by atoms with Crippen LogP contribution in [0.15, 0.2) is 0 Å². The van der Waals surface area contributed by atoms with Crippen LogP contribution in [0.2, 0.25) is 0 Å². The maximum atomic E-state index is 4.81. The van der Waals surface area contributed by atoms with E-state index in [9.17, 15) is 0 Å². The highest BCUT2D eigenvalue weighted by Gasteiger charge is 2.12. The molecular weight excluding hydrogens is 268 g/mol. The molecule has 2 nitrogen and oxygen atoms in total. The molecule has 0 bridgehead atoms. The van der Waals surface area contributed by atoms with Crippen molar-refractivity contribution in [3.63, 3.8) is 0 Å². The van der Waals surface area contributed by atoms with Gasteiger partial charge in [-0.2, -0.15) is 0 Å². The van der Waals surface area contributed by atoms with Crippen LogP contribution in [0.1, 0.15) is 56.2 Å². The van der Waals surface area contributed by atoms with Gasteiger partial charge in [0.05, 0.1) is 0 Å². The Bertz CT molecular complexity index is 664. The predicted molar refractivity (Wildman–Crippen MR) is 93.8 cm³/mol. The minimum absolute atomic E-state index is 0.962. The number of aromatic nitrogens is 2. The first-order valence-corrected chi connectivity index (χ1v) is 8.10. The lowest BCUT2D eigenvalue weighted by atomic mass is 9.96. The second-order valence-corrected chi connectivity index (χ2v) is 6.54. The topological polar surface area (TPSA) is 25.8 Å². The van der Waals surface area contributed by atoms with Crippen LogP contribution in [-0.2, 0) is 12.8 Å². The largest absolute Gasteiger partial charge is 0.258 e. The van der Waals surface area contributed by atoms with Crippen molar-refractivity contribution in [3.8, 4) is 0 Å². The molecule has 22 heavy (non-hydrogen) atoms. The molecule has 0 amide bonds. The van der Waals surface area contributed by atoms with Crippen LogP contribution in [0.3, 0.4) is 0 Å². The molecule has 0 unspecified atom stereocenters. The van der Waals surface area contributed by atoms with Crippen molar-refractivity contribution in [3.05, 3.63) is 56.2 Å². The Morgan fingerprint density at radius 1 is 0.455 bits per heavy atom. The van der Waals surface area contributed by atoms with E-state index in [1.807, 2.05) is 0 Å². The fourth-order valence-electron chi connectivity index (χ4n) is 3.00. The van der Waals surface area contributed by atoms with Crippen molar-refractivity contribution in [1.29, 1.82) is 0 Å².